The number of nitrogens with zero attached hydrogens (tertiary/aromatic N) is 3. The molecule has 0 saturated carbocycles. The van der Waals surface area contributed by atoms with Crippen molar-refractivity contribution in [3.05, 3.63) is 59.7 Å². The van der Waals surface area contributed by atoms with E-state index in [1.54, 1.807) is 7.11 Å². The fourth-order valence-electron chi connectivity index (χ4n) is 4.26. The SMILES string of the molecule is COc1ccc(NC(=O)c2ccc(CN3CCN(CC(=O)N4CCCC4)CC3)cc2)cc1. The number of likely N-dealkylation sites (tertiary alicyclic amines) is 1. The maximum atomic E-state index is 12.5. The first-order valence-corrected chi connectivity index (χ1v) is 11.4. The average Bonchev–Trinajstić information content (AvgIpc) is 3.37. The number of carbonyl (C=O) groups is 2. The molecular weight excluding hydrogens is 404 g/mol. The Hall–Kier alpha value is -2.90. The summed E-state index contributed by atoms with van der Waals surface area (Å²) < 4.78 is 5.14. The zero-order chi connectivity index (χ0) is 22.3. The summed E-state index contributed by atoms with van der Waals surface area (Å²) in [5, 5.41) is 2.91. The van der Waals surface area contributed by atoms with E-state index in [0.717, 1.165) is 70.1 Å². The molecule has 1 N–H and O–H groups in total. The van der Waals surface area contributed by atoms with E-state index in [0.29, 0.717) is 12.1 Å². The van der Waals surface area contributed by atoms with Crippen LogP contribution in [0.1, 0.15) is 28.8 Å². The third-order valence-electron chi connectivity index (χ3n) is 6.25. The van der Waals surface area contributed by atoms with E-state index >= 15 is 0 Å². The van der Waals surface area contributed by atoms with Crippen LogP contribution in [0.15, 0.2) is 48.5 Å². The van der Waals surface area contributed by atoms with Crippen LogP contribution in [-0.2, 0) is 11.3 Å². The molecular formula is C25H32N4O3. The van der Waals surface area contributed by atoms with Crippen LogP contribution < -0.4 is 10.1 Å². The summed E-state index contributed by atoms with van der Waals surface area (Å²) in [6, 6.07) is 15.1. The van der Waals surface area contributed by atoms with Crippen molar-refractivity contribution in [2.24, 2.45) is 0 Å². The van der Waals surface area contributed by atoms with Gasteiger partial charge in [-0.25, -0.2) is 0 Å². The minimum atomic E-state index is -0.127. The number of carbonyl (C=O) groups excluding carboxylic acids is 2. The highest BCUT2D eigenvalue weighted by atomic mass is 16.5. The molecule has 2 aromatic rings. The van der Waals surface area contributed by atoms with Gasteiger partial charge in [0.05, 0.1) is 13.7 Å². The summed E-state index contributed by atoms with van der Waals surface area (Å²) >= 11 is 0. The monoisotopic (exact) mass is 436 g/mol. The van der Waals surface area contributed by atoms with Gasteiger partial charge in [-0.15, -0.1) is 0 Å². The number of piperazine rings is 1. The Morgan fingerprint density at radius 2 is 1.47 bits per heavy atom. The van der Waals surface area contributed by atoms with Gasteiger partial charge in [-0.2, -0.15) is 0 Å². The molecule has 0 bridgehead atoms. The van der Waals surface area contributed by atoms with E-state index in [1.807, 2.05) is 53.4 Å². The number of hydrogen-bond donors (Lipinski definition) is 1. The molecule has 170 valence electrons. The molecule has 0 aromatic heterocycles. The molecule has 0 spiro atoms. The van der Waals surface area contributed by atoms with E-state index < -0.39 is 0 Å². The van der Waals surface area contributed by atoms with Crippen LogP contribution in [0.25, 0.3) is 0 Å². The van der Waals surface area contributed by atoms with Crippen LogP contribution >= 0.6 is 0 Å². The predicted molar refractivity (Wildman–Crippen MR) is 125 cm³/mol. The molecule has 2 aliphatic rings. The molecule has 4 rings (SSSR count). The van der Waals surface area contributed by atoms with Gasteiger partial charge in [0.25, 0.3) is 5.91 Å². The Kier molecular flexibility index (Phi) is 7.39. The lowest BCUT2D eigenvalue weighted by Gasteiger charge is -2.35. The second-order valence-electron chi connectivity index (χ2n) is 8.52. The van der Waals surface area contributed by atoms with Crippen LogP contribution in [0.3, 0.4) is 0 Å². The molecule has 7 heteroatoms. The fourth-order valence-corrected chi connectivity index (χ4v) is 4.26. The third-order valence-corrected chi connectivity index (χ3v) is 6.25. The Bertz CT molecular complexity index is 900. The van der Waals surface area contributed by atoms with Crippen molar-refractivity contribution in [1.29, 1.82) is 0 Å². The molecule has 0 atom stereocenters. The van der Waals surface area contributed by atoms with Gasteiger partial charge >= 0.3 is 0 Å². The van der Waals surface area contributed by atoms with Gasteiger partial charge in [0.2, 0.25) is 5.91 Å². The number of nitrogens with one attached hydrogen (secondary N) is 1. The van der Waals surface area contributed by atoms with Gasteiger partial charge in [0.1, 0.15) is 5.75 Å². The molecule has 2 heterocycles. The summed E-state index contributed by atoms with van der Waals surface area (Å²) in [6.07, 6.45) is 2.28. The van der Waals surface area contributed by atoms with Gasteiger partial charge in [-0.1, -0.05) is 12.1 Å². The first-order chi connectivity index (χ1) is 15.6. The smallest absolute Gasteiger partial charge is 0.255 e. The van der Waals surface area contributed by atoms with Crippen molar-refractivity contribution in [3.63, 3.8) is 0 Å². The lowest BCUT2D eigenvalue weighted by atomic mass is 10.1. The van der Waals surface area contributed by atoms with Crippen molar-refractivity contribution >= 4 is 17.5 Å². The lowest BCUT2D eigenvalue weighted by Crippen LogP contribution is -2.49. The van der Waals surface area contributed by atoms with Gasteiger partial charge < -0.3 is 15.0 Å². The summed E-state index contributed by atoms with van der Waals surface area (Å²) in [5.41, 5.74) is 2.56. The Morgan fingerprint density at radius 1 is 0.844 bits per heavy atom. The number of amides is 2. The third kappa shape index (κ3) is 5.87. The van der Waals surface area contributed by atoms with Crippen LogP contribution in [0.2, 0.25) is 0 Å². The van der Waals surface area contributed by atoms with Crippen LogP contribution in [-0.4, -0.2) is 79.4 Å². The number of anilines is 1. The average molecular weight is 437 g/mol. The molecule has 0 unspecified atom stereocenters. The summed E-state index contributed by atoms with van der Waals surface area (Å²) in [5.74, 6) is 0.906. The highest BCUT2D eigenvalue weighted by Gasteiger charge is 2.23. The first kappa shape index (κ1) is 22.3. The summed E-state index contributed by atoms with van der Waals surface area (Å²) in [7, 11) is 1.62. The van der Waals surface area contributed by atoms with Crippen LogP contribution in [0.5, 0.6) is 5.75 Å². The first-order valence-electron chi connectivity index (χ1n) is 11.4. The minimum absolute atomic E-state index is 0.127. The van der Waals surface area contributed by atoms with Crippen molar-refractivity contribution in [2.75, 3.05) is 58.2 Å². The maximum absolute atomic E-state index is 12.5. The minimum Gasteiger partial charge on any atom is -0.497 e. The number of ether oxygens (including phenoxy) is 1. The topological polar surface area (TPSA) is 65.1 Å². The molecule has 0 radical (unpaired) electrons. The zero-order valence-corrected chi connectivity index (χ0v) is 18.8. The van der Waals surface area contributed by atoms with E-state index in [4.69, 9.17) is 4.74 Å². The van der Waals surface area contributed by atoms with E-state index in [1.165, 1.54) is 5.56 Å². The maximum Gasteiger partial charge on any atom is 0.255 e. The largest absolute Gasteiger partial charge is 0.497 e. The standard InChI is InChI=1S/C25H32N4O3/c1-32-23-10-8-22(9-11-23)26-25(31)21-6-4-20(5-7-21)18-27-14-16-28(17-15-27)19-24(30)29-12-2-3-13-29/h4-11H,2-3,12-19H2,1H3,(H,26,31). The Morgan fingerprint density at radius 3 is 2.09 bits per heavy atom. The van der Waals surface area contributed by atoms with Crippen molar-refractivity contribution in [2.45, 2.75) is 19.4 Å². The molecule has 2 saturated heterocycles. The molecule has 32 heavy (non-hydrogen) atoms. The van der Waals surface area contributed by atoms with Gasteiger partial charge in [0, 0.05) is 57.1 Å². The van der Waals surface area contributed by atoms with E-state index in [2.05, 4.69) is 15.1 Å². The van der Waals surface area contributed by atoms with Crippen LogP contribution in [0, 0.1) is 0 Å². The number of rotatable bonds is 7. The molecule has 2 amide bonds. The fraction of sp³-hybridized carbons (Fsp3) is 0.440. The van der Waals surface area contributed by atoms with Gasteiger partial charge in [-0.3, -0.25) is 19.4 Å². The molecule has 2 aliphatic heterocycles. The van der Waals surface area contributed by atoms with Crippen LogP contribution in [0.4, 0.5) is 5.69 Å². The predicted octanol–water partition coefficient (Wildman–Crippen LogP) is 2.69. The molecule has 0 aliphatic carbocycles. The summed E-state index contributed by atoms with van der Waals surface area (Å²) in [6.45, 7) is 6.99. The molecule has 2 fully saturated rings. The Balaban J connectivity index is 1.22. The zero-order valence-electron chi connectivity index (χ0n) is 18.8. The van der Waals surface area contributed by atoms with Crippen molar-refractivity contribution < 1.29 is 14.3 Å². The highest BCUT2D eigenvalue weighted by Crippen LogP contribution is 2.17. The number of hydrogen-bond acceptors (Lipinski definition) is 5. The van der Waals surface area contributed by atoms with Crippen molar-refractivity contribution in [1.82, 2.24) is 14.7 Å². The van der Waals surface area contributed by atoms with E-state index in [9.17, 15) is 9.59 Å². The Labute approximate surface area is 189 Å². The van der Waals surface area contributed by atoms with Gasteiger partial charge in [0.15, 0.2) is 0 Å². The number of benzene rings is 2. The number of methoxy groups -OCH3 is 1. The molecule has 2 aromatic carbocycles. The second kappa shape index (κ2) is 10.6. The quantitative estimate of drug-likeness (QED) is 0.723. The van der Waals surface area contributed by atoms with E-state index in [-0.39, 0.29) is 11.8 Å². The molecule has 7 nitrogen and oxygen atoms in total. The lowest BCUT2D eigenvalue weighted by molar-refractivity contribution is -0.131. The second-order valence-corrected chi connectivity index (χ2v) is 8.52. The normalized spacial score (nSPS) is 17.3. The van der Waals surface area contributed by atoms with Gasteiger partial charge in [-0.05, 0) is 54.8 Å². The van der Waals surface area contributed by atoms with Crippen molar-refractivity contribution in [3.8, 4) is 5.75 Å². The highest BCUT2D eigenvalue weighted by molar-refractivity contribution is 6.04. The summed E-state index contributed by atoms with van der Waals surface area (Å²) in [4.78, 5) is 31.5.